The van der Waals surface area contributed by atoms with Crippen molar-refractivity contribution in [2.75, 3.05) is 4.72 Å². The largest absolute Gasteiger partial charge is 0.478 e. The highest BCUT2D eigenvalue weighted by atomic mass is 35.5. The van der Waals surface area contributed by atoms with Gasteiger partial charge in [0.15, 0.2) is 0 Å². The predicted octanol–water partition coefficient (Wildman–Crippen LogP) is 3.45. The maximum Gasteiger partial charge on any atom is 0.337 e. The van der Waals surface area contributed by atoms with Crippen molar-refractivity contribution in [1.29, 1.82) is 0 Å². The zero-order valence-electron chi connectivity index (χ0n) is 11.2. The first-order valence-electron chi connectivity index (χ1n) is 6.16. The lowest BCUT2D eigenvalue weighted by molar-refractivity contribution is 0.0697. The van der Waals surface area contributed by atoms with Crippen LogP contribution >= 0.6 is 11.6 Å². The fourth-order valence-corrected chi connectivity index (χ4v) is 2.74. The number of rotatable bonds is 5. The Morgan fingerprint density at radius 2 is 1.82 bits per heavy atom. The first-order valence-corrected chi connectivity index (χ1v) is 8.08. The second-order valence-corrected chi connectivity index (χ2v) is 6.33. The van der Waals surface area contributed by atoms with E-state index in [0.717, 1.165) is 11.0 Å². The summed E-state index contributed by atoms with van der Waals surface area (Å²) in [6, 6.07) is 12.8. The van der Waals surface area contributed by atoms with Crippen molar-refractivity contribution in [3.05, 3.63) is 70.1 Å². The highest BCUT2D eigenvalue weighted by molar-refractivity contribution is 7.95. The van der Waals surface area contributed by atoms with Gasteiger partial charge in [0, 0.05) is 5.69 Å². The minimum atomic E-state index is -3.75. The number of halogens is 1. The van der Waals surface area contributed by atoms with Crippen LogP contribution in [0.4, 0.5) is 5.69 Å². The van der Waals surface area contributed by atoms with Crippen molar-refractivity contribution in [3.8, 4) is 0 Å². The average Bonchev–Trinajstić information content (AvgIpc) is 2.48. The third kappa shape index (κ3) is 4.34. The quantitative estimate of drug-likeness (QED) is 0.875. The van der Waals surface area contributed by atoms with Crippen LogP contribution in [-0.4, -0.2) is 19.5 Å². The summed E-state index contributed by atoms with van der Waals surface area (Å²) in [5.74, 6) is -1.23. The normalized spacial score (nSPS) is 11.5. The smallest absolute Gasteiger partial charge is 0.337 e. The van der Waals surface area contributed by atoms with Gasteiger partial charge in [0.2, 0.25) is 0 Å². The molecule has 0 radical (unpaired) electrons. The molecule has 0 spiro atoms. The van der Waals surface area contributed by atoms with Crippen LogP contribution in [0.2, 0.25) is 5.02 Å². The van der Waals surface area contributed by atoms with Crippen LogP contribution in [0.5, 0.6) is 0 Å². The summed E-state index contributed by atoms with van der Waals surface area (Å²) < 4.78 is 26.2. The Hall–Kier alpha value is -2.31. The van der Waals surface area contributed by atoms with Gasteiger partial charge < -0.3 is 5.11 Å². The van der Waals surface area contributed by atoms with Crippen molar-refractivity contribution in [2.24, 2.45) is 0 Å². The Labute approximate surface area is 132 Å². The van der Waals surface area contributed by atoms with Crippen LogP contribution in [0.1, 0.15) is 15.9 Å². The zero-order chi connectivity index (χ0) is 16.2. The standard InChI is InChI=1S/C15H12ClNO4S/c16-14-7-6-12(10-13(14)15(18)19)17-22(20,21)9-8-11-4-2-1-3-5-11/h1-10,17H,(H,18,19)/b9-8-. The minimum absolute atomic E-state index is 0.0373. The van der Waals surface area contributed by atoms with Gasteiger partial charge in [-0.05, 0) is 29.8 Å². The number of carbonyl (C=O) groups is 1. The van der Waals surface area contributed by atoms with E-state index >= 15 is 0 Å². The molecule has 0 aromatic heterocycles. The van der Waals surface area contributed by atoms with Gasteiger partial charge in [-0.25, -0.2) is 13.2 Å². The fourth-order valence-electron chi connectivity index (χ4n) is 1.68. The number of hydrogen-bond donors (Lipinski definition) is 2. The molecule has 0 aliphatic heterocycles. The molecular formula is C15H12ClNO4S. The van der Waals surface area contributed by atoms with Gasteiger partial charge in [-0.15, -0.1) is 0 Å². The molecule has 0 aliphatic rings. The molecule has 0 heterocycles. The van der Waals surface area contributed by atoms with Crippen molar-refractivity contribution in [3.63, 3.8) is 0 Å². The number of carboxylic acids is 1. The predicted molar refractivity (Wildman–Crippen MR) is 86.4 cm³/mol. The van der Waals surface area contributed by atoms with E-state index in [1.807, 2.05) is 6.07 Å². The molecule has 2 aromatic carbocycles. The summed E-state index contributed by atoms with van der Waals surface area (Å²) >= 11 is 5.73. The van der Waals surface area contributed by atoms with Gasteiger partial charge in [0.05, 0.1) is 16.0 Å². The van der Waals surface area contributed by atoms with Gasteiger partial charge in [-0.2, -0.15) is 0 Å². The third-order valence-corrected chi connectivity index (χ3v) is 4.04. The van der Waals surface area contributed by atoms with E-state index < -0.39 is 16.0 Å². The summed E-state index contributed by atoms with van der Waals surface area (Å²) in [5, 5.41) is 10.0. The second-order valence-electron chi connectivity index (χ2n) is 4.36. The van der Waals surface area contributed by atoms with E-state index in [9.17, 15) is 13.2 Å². The van der Waals surface area contributed by atoms with E-state index in [0.29, 0.717) is 0 Å². The SMILES string of the molecule is O=C(O)c1cc(NS(=O)(=O)/C=C\c2ccccc2)ccc1Cl. The molecule has 0 atom stereocenters. The molecule has 0 aliphatic carbocycles. The van der Waals surface area contributed by atoms with E-state index in [2.05, 4.69) is 4.72 Å². The first kappa shape index (κ1) is 16.1. The first-order chi connectivity index (χ1) is 10.4. The highest BCUT2D eigenvalue weighted by Gasteiger charge is 2.12. The molecular weight excluding hydrogens is 326 g/mol. The number of sulfonamides is 1. The van der Waals surface area contributed by atoms with Crippen molar-refractivity contribution < 1.29 is 18.3 Å². The van der Waals surface area contributed by atoms with Crippen molar-refractivity contribution >= 4 is 39.4 Å². The molecule has 2 aromatic rings. The van der Waals surface area contributed by atoms with Crippen LogP contribution in [0.15, 0.2) is 53.9 Å². The van der Waals surface area contributed by atoms with Crippen LogP contribution in [0.3, 0.4) is 0 Å². The minimum Gasteiger partial charge on any atom is -0.478 e. The molecule has 0 unspecified atom stereocenters. The molecule has 0 bridgehead atoms. The van der Waals surface area contributed by atoms with Gasteiger partial charge >= 0.3 is 5.97 Å². The van der Waals surface area contributed by atoms with Crippen LogP contribution in [0, 0.1) is 0 Å². The highest BCUT2D eigenvalue weighted by Crippen LogP contribution is 2.21. The van der Waals surface area contributed by atoms with Gasteiger partial charge in [0.1, 0.15) is 0 Å². The molecule has 7 heteroatoms. The molecule has 22 heavy (non-hydrogen) atoms. The van der Waals surface area contributed by atoms with Crippen molar-refractivity contribution in [1.82, 2.24) is 0 Å². The Morgan fingerprint density at radius 3 is 2.45 bits per heavy atom. The number of anilines is 1. The Morgan fingerprint density at radius 1 is 1.14 bits per heavy atom. The molecule has 0 saturated carbocycles. The number of carboxylic acid groups (broad SMARTS) is 1. The van der Waals surface area contributed by atoms with E-state index in [4.69, 9.17) is 16.7 Å². The van der Waals surface area contributed by atoms with Gasteiger partial charge in [-0.3, -0.25) is 4.72 Å². The summed E-state index contributed by atoms with van der Waals surface area (Å²) in [7, 11) is -3.75. The number of nitrogens with one attached hydrogen (secondary N) is 1. The molecule has 5 nitrogen and oxygen atoms in total. The van der Waals surface area contributed by atoms with Crippen LogP contribution < -0.4 is 4.72 Å². The average molecular weight is 338 g/mol. The lowest BCUT2D eigenvalue weighted by Crippen LogP contribution is -2.09. The monoisotopic (exact) mass is 337 g/mol. The Bertz CT molecular complexity index is 817. The van der Waals surface area contributed by atoms with Gasteiger partial charge in [-0.1, -0.05) is 41.9 Å². The molecule has 0 fully saturated rings. The van der Waals surface area contributed by atoms with Crippen molar-refractivity contribution in [2.45, 2.75) is 0 Å². The summed E-state index contributed by atoms with van der Waals surface area (Å²) in [6.07, 6.45) is 1.44. The summed E-state index contributed by atoms with van der Waals surface area (Å²) in [6.45, 7) is 0. The third-order valence-electron chi connectivity index (χ3n) is 2.70. The van der Waals surface area contributed by atoms with E-state index in [1.165, 1.54) is 24.3 Å². The Balaban J connectivity index is 2.20. The fraction of sp³-hybridized carbons (Fsp3) is 0. The summed E-state index contributed by atoms with van der Waals surface area (Å²) in [4.78, 5) is 11.0. The summed E-state index contributed by atoms with van der Waals surface area (Å²) in [5.41, 5.74) is 0.684. The molecule has 0 amide bonds. The van der Waals surface area contributed by atoms with E-state index in [-0.39, 0.29) is 16.3 Å². The molecule has 2 rings (SSSR count). The number of aromatic carboxylic acids is 1. The van der Waals surface area contributed by atoms with Crippen LogP contribution in [0.25, 0.3) is 6.08 Å². The maximum atomic E-state index is 12.0. The van der Waals surface area contributed by atoms with Crippen LogP contribution in [-0.2, 0) is 10.0 Å². The molecule has 2 N–H and O–H groups in total. The lowest BCUT2D eigenvalue weighted by Gasteiger charge is -2.06. The number of hydrogen-bond acceptors (Lipinski definition) is 3. The molecule has 0 saturated heterocycles. The van der Waals surface area contributed by atoms with E-state index in [1.54, 1.807) is 24.3 Å². The number of benzene rings is 2. The zero-order valence-corrected chi connectivity index (χ0v) is 12.8. The Kier molecular flexibility index (Phi) is 4.85. The molecule has 114 valence electrons. The second kappa shape index (κ2) is 6.64. The topological polar surface area (TPSA) is 83.5 Å². The maximum absolute atomic E-state index is 12.0. The lowest BCUT2D eigenvalue weighted by atomic mass is 10.2. The van der Waals surface area contributed by atoms with Gasteiger partial charge in [0.25, 0.3) is 10.0 Å².